The zero-order valence-corrected chi connectivity index (χ0v) is 16.6. The SMILES string of the molecule is CCCc1nc2c3ccccc3n(CC(=O)Nc3ccc(CC)cc3)c(=O)n2n1. The molecule has 4 aromatic rings. The van der Waals surface area contributed by atoms with Crippen molar-refractivity contribution in [3.05, 3.63) is 70.4 Å². The van der Waals surface area contributed by atoms with Crippen molar-refractivity contribution in [2.45, 2.75) is 39.7 Å². The van der Waals surface area contributed by atoms with Crippen LogP contribution in [0.3, 0.4) is 0 Å². The average Bonchev–Trinajstić information content (AvgIpc) is 3.16. The maximum absolute atomic E-state index is 13.1. The van der Waals surface area contributed by atoms with Gasteiger partial charge in [-0.2, -0.15) is 4.52 Å². The molecule has 0 saturated heterocycles. The van der Waals surface area contributed by atoms with Crippen LogP contribution in [0.25, 0.3) is 16.6 Å². The van der Waals surface area contributed by atoms with Gasteiger partial charge in [0.15, 0.2) is 11.5 Å². The standard InChI is InChI=1S/C22H23N5O2/c1-3-7-19-24-21-17-8-5-6-9-18(17)26(22(29)27(21)25-19)14-20(28)23-16-12-10-15(4-2)11-13-16/h5-6,8-13H,3-4,7,14H2,1-2H3,(H,23,28). The highest BCUT2D eigenvalue weighted by atomic mass is 16.2. The zero-order chi connectivity index (χ0) is 20.4. The molecule has 2 aromatic carbocycles. The van der Waals surface area contributed by atoms with E-state index in [-0.39, 0.29) is 18.1 Å². The molecule has 148 valence electrons. The van der Waals surface area contributed by atoms with Crippen molar-refractivity contribution in [2.75, 3.05) is 5.32 Å². The lowest BCUT2D eigenvalue weighted by Gasteiger charge is -2.11. The molecule has 2 heterocycles. The summed E-state index contributed by atoms with van der Waals surface area (Å²) in [6.45, 7) is 4.02. The van der Waals surface area contributed by atoms with E-state index in [0.717, 1.165) is 18.2 Å². The summed E-state index contributed by atoms with van der Waals surface area (Å²) in [7, 11) is 0. The first-order chi connectivity index (χ1) is 14.1. The van der Waals surface area contributed by atoms with Gasteiger partial charge in [-0.3, -0.25) is 9.36 Å². The molecule has 0 spiro atoms. The van der Waals surface area contributed by atoms with E-state index in [0.29, 0.717) is 29.1 Å². The highest BCUT2D eigenvalue weighted by molar-refractivity contribution is 5.94. The Morgan fingerprint density at radius 3 is 2.55 bits per heavy atom. The van der Waals surface area contributed by atoms with E-state index in [1.165, 1.54) is 14.6 Å². The predicted octanol–water partition coefficient (Wildman–Crippen LogP) is 3.20. The molecule has 0 aliphatic carbocycles. The fourth-order valence-electron chi connectivity index (χ4n) is 3.43. The lowest BCUT2D eigenvalue weighted by Crippen LogP contribution is -2.32. The van der Waals surface area contributed by atoms with E-state index in [1.54, 1.807) is 0 Å². The van der Waals surface area contributed by atoms with E-state index in [4.69, 9.17) is 0 Å². The van der Waals surface area contributed by atoms with E-state index >= 15 is 0 Å². The number of nitrogens with zero attached hydrogens (tertiary/aromatic N) is 4. The smallest absolute Gasteiger partial charge is 0.325 e. The number of benzene rings is 2. The Kier molecular flexibility index (Phi) is 5.12. The monoisotopic (exact) mass is 389 g/mol. The number of carbonyl (C=O) groups excluding carboxylic acids is 1. The Hall–Kier alpha value is -3.48. The quantitative estimate of drug-likeness (QED) is 0.549. The van der Waals surface area contributed by atoms with Crippen molar-refractivity contribution in [1.29, 1.82) is 0 Å². The fraction of sp³-hybridized carbons (Fsp3) is 0.273. The molecule has 1 N–H and O–H groups in total. The third-order valence-corrected chi connectivity index (χ3v) is 4.92. The van der Waals surface area contributed by atoms with Crippen LogP contribution in [0.15, 0.2) is 53.3 Å². The minimum Gasteiger partial charge on any atom is -0.325 e. The molecule has 4 rings (SSSR count). The number of carbonyl (C=O) groups is 1. The molecule has 7 nitrogen and oxygen atoms in total. The van der Waals surface area contributed by atoms with Gasteiger partial charge in [0.05, 0.1) is 5.52 Å². The topological polar surface area (TPSA) is 81.3 Å². The summed E-state index contributed by atoms with van der Waals surface area (Å²) in [6.07, 6.45) is 2.53. The number of hydrogen-bond donors (Lipinski definition) is 1. The van der Waals surface area contributed by atoms with Crippen LogP contribution in [0.2, 0.25) is 0 Å². The summed E-state index contributed by atoms with van der Waals surface area (Å²) in [5.41, 5.74) is 2.73. The summed E-state index contributed by atoms with van der Waals surface area (Å²) in [4.78, 5) is 30.3. The second kappa shape index (κ2) is 7.87. The van der Waals surface area contributed by atoms with Crippen molar-refractivity contribution in [1.82, 2.24) is 19.2 Å². The van der Waals surface area contributed by atoms with Crippen LogP contribution in [0.4, 0.5) is 5.69 Å². The Balaban J connectivity index is 1.72. The molecule has 29 heavy (non-hydrogen) atoms. The van der Waals surface area contributed by atoms with Gasteiger partial charge in [-0.15, -0.1) is 5.10 Å². The Morgan fingerprint density at radius 2 is 1.83 bits per heavy atom. The summed E-state index contributed by atoms with van der Waals surface area (Å²) >= 11 is 0. The van der Waals surface area contributed by atoms with Crippen LogP contribution in [0.1, 0.15) is 31.7 Å². The van der Waals surface area contributed by atoms with Crippen LogP contribution in [-0.2, 0) is 24.2 Å². The number of aromatic nitrogens is 4. The number of hydrogen-bond acceptors (Lipinski definition) is 4. The number of aryl methyl sites for hydroxylation is 2. The molecule has 2 aromatic heterocycles. The van der Waals surface area contributed by atoms with Crippen LogP contribution in [-0.4, -0.2) is 25.1 Å². The van der Waals surface area contributed by atoms with Gasteiger partial charge in [-0.25, -0.2) is 9.78 Å². The van der Waals surface area contributed by atoms with Crippen molar-refractivity contribution >= 4 is 28.1 Å². The minimum atomic E-state index is -0.370. The van der Waals surface area contributed by atoms with Gasteiger partial charge in [0.25, 0.3) is 0 Å². The fourth-order valence-corrected chi connectivity index (χ4v) is 3.43. The number of nitrogens with one attached hydrogen (secondary N) is 1. The molecule has 0 aliphatic heterocycles. The van der Waals surface area contributed by atoms with Gasteiger partial charge in [0.1, 0.15) is 6.54 Å². The third-order valence-electron chi connectivity index (χ3n) is 4.92. The normalized spacial score (nSPS) is 11.2. The Morgan fingerprint density at radius 1 is 1.07 bits per heavy atom. The minimum absolute atomic E-state index is 0.103. The predicted molar refractivity (Wildman–Crippen MR) is 113 cm³/mol. The molecule has 1 amide bonds. The van der Waals surface area contributed by atoms with Gasteiger partial charge in [-0.05, 0) is 42.7 Å². The summed E-state index contributed by atoms with van der Waals surface area (Å²) in [5.74, 6) is 0.364. The van der Waals surface area contributed by atoms with Gasteiger partial charge in [0, 0.05) is 17.5 Å². The largest absolute Gasteiger partial charge is 0.351 e. The second-order valence-electron chi connectivity index (χ2n) is 7.00. The summed E-state index contributed by atoms with van der Waals surface area (Å²) < 4.78 is 2.75. The lowest BCUT2D eigenvalue weighted by molar-refractivity contribution is -0.116. The zero-order valence-electron chi connectivity index (χ0n) is 16.6. The number of rotatable bonds is 6. The van der Waals surface area contributed by atoms with E-state index < -0.39 is 0 Å². The number of para-hydroxylation sites is 1. The molecular weight excluding hydrogens is 366 g/mol. The third kappa shape index (κ3) is 3.63. The Bertz CT molecular complexity index is 1240. The average molecular weight is 389 g/mol. The first kappa shape index (κ1) is 18.9. The highest BCUT2D eigenvalue weighted by Crippen LogP contribution is 2.17. The van der Waals surface area contributed by atoms with Crippen molar-refractivity contribution in [2.24, 2.45) is 0 Å². The van der Waals surface area contributed by atoms with Crippen LogP contribution < -0.4 is 11.0 Å². The second-order valence-corrected chi connectivity index (χ2v) is 7.00. The molecule has 0 atom stereocenters. The maximum Gasteiger partial charge on any atom is 0.351 e. The highest BCUT2D eigenvalue weighted by Gasteiger charge is 2.16. The van der Waals surface area contributed by atoms with Gasteiger partial charge in [-0.1, -0.05) is 38.1 Å². The van der Waals surface area contributed by atoms with E-state index in [1.807, 2.05) is 55.5 Å². The van der Waals surface area contributed by atoms with Crippen molar-refractivity contribution in [3.8, 4) is 0 Å². The molecule has 0 bridgehead atoms. The molecular formula is C22H23N5O2. The number of anilines is 1. The summed E-state index contributed by atoms with van der Waals surface area (Å²) in [5, 5.41) is 8.02. The van der Waals surface area contributed by atoms with Crippen molar-refractivity contribution in [3.63, 3.8) is 0 Å². The lowest BCUT2D eigenvalue weighted by atomic mass is 10.1. The number of fused-ring (bicyclic) bond motifs is 3. The van der Waals surface area contributed by atoms with Gasteiger partial charge < -0.3 is 5.32 Å². The molecule has 0 radical (unpaired) electrons. The molecule has 0 aliphatic rings. The maximum atomic E-state index is 13.1. The first-order valence-electron chi connectivity index (χ1n) is 9.86. The summed E-state index contributed by atoms with van der Waals surface area (Å²) in [6, 6.07) is 15.2. The van der Waals surface area contributed by atoms with Gasteiger partial charge >= 0.3 is 5.69 Å². The number of amides is 1. The molecule has 7 heteroatoms. The van der Waals surface area contributed by atoms with Crippen LogP contribution >= 0.6 is 0 Å². The molecule has 0 fully saturated rings. The van der Waals surface area contributed by atoms with E-state index in [9.17, 15) is 9.59 Å². The van der Waals surface area contributed by atoms with Gasteiger partial charge in [0.2, 0.25) is 5.91 Å². The van der Waals surface area contributed by atoms with Crippen LogP contribution in [0.5, 0.6) is 0 Å². The molecule has 0 unspecified atom stereocenters. The van der Waals surface area contributed by atoms with Crippen LogP contribution in [0, 0.1) is 0 Å². The Labute approximate surface area is 168 Å². The first-order valence-corrected chi connectivity index (χ1v) is 9.86. The van der Waals surface area contributed by atoms with E-state index in [2.05, 4.69) is 22.3 Å². The van der Waals surface area contributed by atoms with Crippen molar-refractivity contribution < 1.29 is 4.79 Å². The molecule has 0 saturated carbocycles.